The van der Waals surface area contributed by atoms with Crippen molar-refractivity contribution in [2.24, 2.45) is 21.6 Å². The van der Waals surface area contributed by atoms with Gasteiger partial charge in [-0.15, -0.1) is 6.42 Å². The molecule has 0 fully saturated rings. The molecule has 0 spiro atoms. The number of aromatic hydroxyl groups is 1. The molecular weight excluding hydrogens is 360 g/mol. The number of rotatable bonds is 6. The van der Waals surface area contributed by atoms with E-state index < -0.39 is 0 Å². The molecule has 0 bridgehead atoms. The first kappa shape index (κ1) is 21.3. The summed E-state index contributed by atoms with van der Waals surface area (Å²) >= 11 is 0. The van der Waals surface area contributed by atoms with Crippen molar-refractivity contribution in [3.05, 3.63) is 64.0 Å². The number of aliphatic imine (C=N–C) groups is 2. The second kappa shape index (κ2) is 9.82. The summed E-state index contributed by atoms with van der Waals surface area (Å²) in [7, 11) is 1.64. The zero-order valence-electron chi connectivity index (χ0n) is 16.8. The molecular formula is C24H24N4O. The summed E-state index contributed by atoms with van der Waals surface area (Å²) in [6.45, 7) is 7.69. The molecule has 1 aliphatic rings. The predicted molar refractivity (Wildman–Crippen MR) is 122 cm³/mol. The smallest absolute Gasteiger partial charge is 0.198 e. The van der Waals surface area contributed by atoms with Crippen molar-refractivity contribution < 1.29 is 5.11 Å². The Balaban J connectivity index is 2.71. The van der Waals surface area contributed by atoms with Crippen LogP contribution in [0.3, 0.4) is 0 Å². The van der Waals surface area contributed by atoms with Crippen LogP contribution in [0.5, 0.6) is 5.88 Å². The zero-order chi connectivity index (χ0) is 21.4. The van der Waals surface area contributed by atoms with Crippen molar-refractivity contribution in [1.82, 2.24) is 4.98 Å². The number of nitrogens with zero attached hydrogens (tertiary/aromatic N) is 2. The molecule has 1 aromatic rings. The molecule has 0 radical (unpaired) electrons. The van der Waals surface area contributed by atoms with Gasteiger partial charge in [0.2, 0.25) is 0 Å². The Kier molecular flexibility index (Phi) is 7.23. The van der Waals surface area contributed by atoms with Crippen LogP contribution in [-0.2, 0) is 0 Å². The monoisotopic (exact) mass is 384 g/mol. The lowest BCUT2D eigenvalue weighted by molar-refractivity contribution is 0.455. The van der Waals surface area contributed by atoms with Crippen LogP contribution in [-0.4, -0.2) is 29.1 Å². The summed E-state index contributed by atoms with van der Waals surface area (Å²) in [6, 6.07) is 0. The SMILES string of the molecule is C#C/C=C\C(C)=C(/C=C)C1C#CC=c2[nH]c(O)c(C(C)=N/C(C=NC)=C/N)c2=C1. The number of terminal acetylenes is 1. The van der Waals surface area contributed by atoms with E-state index in [9.17, 15) is 5.11 Å². The number of nitrogens with two attached hydrogens (primary N) is 1. The van der Waals surface area contributed by atoms with Gasteiger partial charge in [0.15, 0.2) is 5.88 Å². The minimum atomic E-state index is -0.226. The van der Waals surface area contributed by atoms with E-state index in [4.69, 9.17) is 12.2 Å². The van der Waals surface area contributed by atoms with Gasteiger partial charge in [0.1, 0.15) is 0 Å². The summed E-state index contributed by atoms with van der Waals surface area (Å²) in [4.78, 5) is 11.4. The third-order valence-corrected chi connectivity index (χ3v) is 4.37. The van der Waals surface area contributed by atoms with Crippen molar-refractivity contribution in [3.8, 4) is 30.1 Å². The van der Waals surface area contributed by atoms with Gasteiger partial charge in [0, 0.05) is 30.8 Å². The lowest BCUT2D eigenvalue weighted by atomic mass is 9.93. The Morgan fingerprint density at radius 3 is 2.83 bits per heavy atom. The van der Waals surface area contributed by atoms with Crippen molar-refractivity contribution in [3.63, 3.8) is 0 Å². The van der Waals surface area contributed by atoms with Gasteiger partial charge in [-0.1, -0.05) is 42.6 Å². The van der Waals surface area contributed by atoms with Gasteiger partial charge in [-0.05, 0) is 31.1 Å². The molecule has 146 valence electrons. The third-order valence-electron chi connectivity index (χ3n) is 4.37. The topological polar surface area (TPSA) is 86.8 Å². The van der Waals surface area contributed by atoms with E-state index in [1.807, 2.05) is 19.1 Å². The van der Waals surface area contributed by atoms with Crippen molar-refractivity contribution >= 4 is 24.1 Å². The molecule has 0 aromatic carbocycles. The fraction of sp³-hybridized carbons (Fsp3) is 0.167. The summed E-state index contributed by atoms with van der Waals surface area (Å²) < 4.78 is 0. The molecule has 1 aliphatic carbocycles. The molecule has 1 heterocycles. The molecule has 0 saturated heterocycles. The van der Waals surface area contributed by atoms with E-state index in [1.165, 1.54) is 6.20 Å². The van der Waals surface area contributed by atoms with Crippen molar-refractivity contribution in [1.29, 1.82) is 0 Å². The summed E-state index contributed by atoms with van der Waals surface area (Å²) in [5, 5.41) is 12.0. The maximum Gasteiger partial charge on any atom is 0.198 e. The third kappa shape index (κ3) is 4.86. The highest BCUT2D eigenvalue weighted by Crippen LogP contribution is 2.20. The van der Waals surface area contributed by atoms with Gasteiger partial charge >= 0.3 is 0 Å². The Labute approximate surface area is 171 Å². The van der Waals surface area contributed by atoms with Crippen LogP contribution in [0.25, 0.3) is 12.2 Å². The van der Waals surface area contributed by atoms with Crippen molar-refractivity contribution in [2.45, 2.75) is 13.8 Å². The molecule has 1 aromatic heterocycles. The molecule has 4 N–H and O–H groups in total. The number of hydrogen-bond acceptors (Lipinski definition) is 4. The molecule has 1 unspecified atom stereocenters. The van der Waals surface area contributed by atoms with Gasteiger partial charge in [0.05, 0.1) is 28.2 Å². The first-order valence-electron chi connectivity index (χ1n) is 8.96. The second-order valence-electron chi connectivity index (χ2n) is 6.27. The number of aromatic amines is 1. The van der Waals surface area contributed by atoms with E-state index >= 15 is 0 Å². The molecule has 2 rings (SSSR count). The summed E-state index contributed by atoms with van der Waals surface area (Å²) in [5.74, 6) is 8.53. The molecule has 0 aliphatic heterocycles. The minimum Gasteiger partial charge on any atom is -0.494 e. The quantitative estimate of drug-likeness (QED) is 0.398. The van der Waals surface area contributed by atoms with Gasteiger partial charge in [-0.2, -0.15) is 0 Å². The second-order valence-corrected chi connectivity index (χ2v) is 6.27. The maximum atomic E-state index is 10.5. The van der Waals surface area contributed by atoms with Crippen LogP contribution >= 0.6 is 0 Å². The predicted octanol–water partition coefficient (Wildman–Crippen LogP) is 1.92. The first-order valence-corrected chi connectivity index (χ1v) is 8.96. The normalized spacial score (nSPS) is 17.4. The summed E-state index contributed by atoms with van der Waals surface area (Å²) in [6.07, 6.45) is 17.2. The highest BCUT2D eigenvalue weighted by atomic mass is 16.3. The Hall–Kier alpha value is -3.96. The van der Waals surface area contributed by atoms with E-state index in [2.05, 4.69) is 39.3 Å². The fourth-order valence-electron chi connectivity index (χ4n) is 3.05. The van der Waals surface area contributed by atoms with E-state index in [1.54, 1.807) is 38.4 Å². The number of allylic oxidation sites excluding steroid dienone is 6. The van der Waals surface area contributed by atoms with Gasteiger partial charge in [-0.25, -0.2) is 4.99 Å². The Bertz CT molecular complexity index is 1180. The lowest BCUT2D eigenvalue weighted by Gasteiger charge is -2.10. The number of aromatic nitrogens is 1. The van der Waals surface area contributed by atoms with Crippen LogP contribution in [0.1, 0.15) is 19.4 Å². The minimum absolute atomic E-state index is 0.0177. The molecule has 0 amide bonds. The Morgan fingerprint density at radius 2 is 2.21 bits per heavy atom. The summed E-state index contributed by atoms with van der Waals surface area (Å²) in [5.41, 5.74) is 9.18. The van der Waals surface area contributed by atoms with Crippen LogP contribution < -0.4 is 16.3 Å². The van der Waals surface area contributed by atoms with E-state index in [0.717, 1.165) is 16.4 Å². The molecule has 5 nitrogen and oxygen atoms in total. The zero-order valence-corrected chi connectivity index (χ0v) is 16.8. The van der Waals surface area contributed by atoms with Gasteiger partial charge in [0.25, 0.3) is 0 Å². The molecule has 1 atom stereocenters. The number of fused-ring (bicyclic) bond motifs is 1. The largest absolute Gasteiger partial charge is 0.494 e. The Morgan fingerprint density at radius 1 is 1.45 bits per heavy atom. The standard InChI is InChI=1S/C24H24N4O/c1-6-8-10-16(3)20(7-2)18-11-9-12-22-21(13-18)23(24(29)28-22)17(4)27-19(14-25)15-26-5/h1,7-8,10,12-15,18,28-29H,2,25H2,3-5H3/b10-8-,19-14+,20-16+,26-15?,27-17?. The number of H-pyrrole nitrogens is 1. The fourth-order valence-corrected chi connectivity index (χ4v) is 3.05. The van der Waals surface area contributed by atoms with Crippen LogP contribution in [0.4, 0.5) is 0 Å². The van der Waals surface area contributed by atoms with Gasteiger partial charge in [-0.3, -0.25) is 4.99 Å². The maximum absolute atomic E-state index is 10.5. The molecule has 0 saturated carbocycles. The molecule has 5 heteroatoms. The van der Waals surface area contributed by atoms with Gasteiger partial charge < -0.3 is 15.8 Å². The van der Waals surface area contributed by atoms with Crippen LogP contribution in [0.15, 0.2) is 57.8 Å². The average molecular weight is 384 g/mol. The van der Waals surface area contributed by atoms with Crippen LogP contribution in [0.2, 0.25) is 0 Å². The van der Waals surface area contributed by atoms with Crippen molar-refractivity contribution in [2.75, 3.05) is 7.05 Å². The number of nitrogens with one attached hydrogen (secondary N) is 1. The highest BCUT2D eigenvalue weighted by molar-refractivity contribution is 6.03. The average Bonchev–Trinajstić information content (AvgIpc) is 2.87. The molecule has 29 heavy (non-hydrogen) atoms. The highest BCUT2D eigenvalue weighted by Gasteiger charge is 2.16. The van der Waals surface area contributed by atoms with E-state index in [-0.39, 0.29) is 11.8 Å². The lowest BCUT2D eigenvalue weighted by Crippen LogP contribution is -2.27. The number of hydrogen-bond donors (Lipinski definition) is 3. The van der Waals surface area contributed by atoms with E-state index in [0.29, 0.717) is 22.3 Å². The first-order chi connectivity index (χ1) is 14.0. The van der Waals surface area contributed by atoms with Crippen LogP contribution in [0, 0.1) is 30.1 Å².